The van der Waals surface area contributed by atoms with Crippen molar-refractivity contribution in [2.24, 2.45) is 0 Å². The number of rotatable bonds is 3. The molecule has 0 saturated carbocycles. The number of nitrogens with zero attached hydrogens (tertiary/aromatic N) is 4. The van der Waals surface area contributed by atoms with E-state index in [0.29, 0.717) is 0 Å². The van der Waals surface area contributed by atoms with Crippen LogP contribution in [0.4, 0.5) is 0 Å². The molecule has 1 spiro atoms. The number of fused-ring (bicyclic) bond motifs is 16. The van der Waals surface area contributed by atoms with Gasteiger partial charge in [-0.1, -0.05) is 127 Å². The molecular formula is C56H34N4. The van der Waals surface area contributed by atoms with Crippen molar-refractivity contribution in [1.82, 2.24) is 18.7 Å². The topological polar surface area (TPSA) is 27.7 Å². The average molecular weight is 763 g/mol. The molecule has 1 unspecified atom stereocenters. The largest absolute Gasteiger partial charge is 0.309 e. The van der Waals surface area contributed by atoms with Gasteiger partial charge in [-0.05, 0) is 112 Å². The third kappa shape index (κ3) is 3.93. The molecule has 14 rings (SSSR count). The fraction of sp³-hybridized carbons (Fsp3) is 0.0179. The van der Waals surface area contributed by atoms with Crippen molar-refractivity contribution in [3.63, 3.8) is 0 Å². The molecule has 0 radical (unpaired) electrons. The Labute approximate surface area is 345 Å². The van der Waals surface area contributed by atoms with Gasteiger partial charge in [-0.3, -0.25) is 4.57 Å². The highest BCUT2D eigenvalue weighted by Gasteiger charge is 2.51. The molecule has 1 atom stereocenters. The molecule has 4 nitrogen and oxygen atoms in total. The molecular weight excluding hydrogens is 729 g/mol. The smallest absolute Gasteiger partial charge is 0.145 e. The molecule has 0 bridgehead atoms. The van der Waals surface area contributed by atoms with Crippen molar-refractivity contribution in [1.29, 1.82) is 0 Å². The fourth-order valence-electron chi connectivity index (χ4n) is 11.1. The van der Waals surface area contributed by atoms with E-state index in [1.165, 1.54) is 82.7 Å². The van der Waals surface area contributed by atoms with Crippen molar-refractivity contribution in [2.45, 2.75) is 5.41 Å². The SMILES string of the molecule is c1ccc(-n2c(-c3ccc(-n4c5ccccc5c5cc6c(cc54)-c4ccccc4C64c5ccccc5-n5c6ccccc6c6cccc4c65)cc3)nc3ccccc32)cc1. The molecule has 1 aliphatic carbocycles. The summed E-state index contributed by atoms with van der Waals surface area (Å²) in [6.45, 7) is 0. The predicted octanol–water partition coefficient (Wildman–Crippen LogP) is 13.6. The Hall–Kier alpha value is -7.95. The zero-order chi connectivity index (χ0) is 39.1. The summed E-state index contributed by atoms with van der Waals surface area (Å²) in [4.78, 5) is 5.16. The minimum Gasteiger partial charge on any atom is -0.309 e. The lowest BCUT2D eigenvalue weighted by atomic mass is 9.65. The summed E-state index contributed by atoms with van der Waals surface area (Å²) in [7, 11) is 0. The van der Waals surface area contributed by atoms with E-state index in [-0.39, 0.29) is 0 Å². The number of aromatic nitrogens is 4. The minimum atomic E-state index is -0.504. The predicted molar refractivity (Wildman–Crippen MR) is 246 cm³/mol. The Kier molecular flexibility index (Phi) is 6.19. The van der Waals surface area contributed by atoms with Gasteiger partial charge in [-0.25, -0.2) is 4.98 Å². The van der Waals surface area contributed by atoms with Gasteiger partial charge in [-0.15, -0.1) is 0 Å². The first-order valence-corrected chi connectivity index (χ1v) is 20.7. The van der Waals surface area contributed by atoms with Crippen LogP contribution in [0.25, 0.3) is 94.2 Å². The van der Waals surface area contributed by atoms with E-state index in [9.17, 15) is 0 Å². The molecule has 4 heteroatoms. The first kappa shape index (κ1) is 32.1. The van der Waals surface area contributed by atoms with Gasteiger partial charge in [0, 0.05) is 38.5 Å². The van der Waals surface area contributed by atoms with Gasteiger partial charge >= 0.3 is 0 Å². The zero-order valence-electron chi connectivity index (χ0n) is 32.4. The zero-order valence-corrected chi connectivity index (χ0v) is 32.4. The van der Waals surface area contributed by atoms with Crippen LogP contribution in [0, 0.1) is 0 Å². The van der Waals surface area contributed by atoms with Gasteiger partial charge in [0.05, 0.1) is 44.2 Å². The standard InChI is InChI=1S/C56H34N4/c1-2-15-36(16-3-1)59-52-28-13-9-24-48(52)57-55(59)35-29-31-37(32-30-35)58-49-25-10-6-19-40(49)43-33-47-42(34-53(43)58)38-17-4-7-21-44(38)56(47)45-22-8-12-27-51(45)60-50-26-11-5-18-39(50)41-20-14-23-46(56)54(41)60/h1-34H. The van der Waals surface area contributed by atoms with E-state index in [2.05, 4.69) is 220 Å². The van der Waals surface area contributed by atoms with Crippen LogP contribution >= 0.6 is 0 Å². The number of hydrogen-bond acceptors (Lipinski definition) is 1. The van der Waals surface area contributed by atoms with Crippen molar-refractivity contribution >= 4 is 54.6 Å². The normalized spacial score (nSPS) is 15.1. The molecule has 4 heterocycles. The van der Waals surface area contributed by atoms with Crippen LogP contribution in [-0.2, 0) is 5.41 Å². The fourth-order valence-corrected chi connectivity index (χ4v) is 11.1. The highest BCUT2D eigenvalue weighted by Crippen LogP contribution is 2.61. The maximum absolute atomic E-state index is 5.16. The Bertz CT molecular complexity index is 3770. The van der Waals surface area contributed by atoms with Gasteiger partial charge in [0.25, 0.3) is 0 Å². The second kappa shape index (κ2) is 11.6. The highest BCUT2D eigenvalue weighted by atomic mass is 15.1. The van der Waals surface area contributed by atoms with Crippen LogP contribution in [0.15, 0.2) is 206 Å². The summed E-state index contributed by atoms with van der Waals surface area (Å²) < 4.78 is 7.24. The van der Waals surface area contributed by atoms with Crippen molar-refractivity contribution in [2.75, 3.05) is 0 Å². The van der Waals surface area contributed by atoms with E-state index in [0.717, 1.165) is 33.8 Å². The summed E-state index contributed by atoms with van der Waals surface area (Å²) in [5.41, 5.74) is 18.9. The van der Waals surface area contributed by atoms with Crippen LogP contribution in [-0.4, -0.2) is 18.7 Å². The Morgan fingerprint density at radius 1 is 0.350 bits per heavy atom. The molecule has 0 amide bonds. The molecule has 278 valence electrons. The van der Waals surface area contributed by atoms with E-state index in [1.54, 1.807) is 0 Å². The van der Waals surface area contributed by atoms with Gasteiger partial charge in [0.1, 0.15) is 5.82 Å². The quantitative estimate of drug-likeness (QED) is 0.176. The average Bonchev–Trinajstić information content (AvgIpc) is 4.04. The van der Waals surface area contributed by atoms with Gasteiger partial charge < -0.3 is 9.13 Å². The Balaban J connectivity index is 1.03. The van der Waals surface area contributed by atoms with E-state index >= 15 is 0 Å². The summed E-state index contributed by atoms with van der Waals surface area (Å²) in [5, 5.41) is 5.08. The van der Waals surface area contributed by atoms with E-state index < -0.39 is 5.41 Å². The lowest BCUT2D eigenvalue weighted by Gasteiger charge is -2.39. The first-order valence-electron chi connectivity index (χ1n) is 20.7. The van der Waals surface area contributed by atoms with Crippen LogP contribution in [0.3, 0.4) is 0 Å². The minimum absolute atomic E-state index is 0.504. The third-order valence-electron chi connectivity index (χ3n) is 13.4. The maximum atomic E-state index is 5.16. The van der Waals surface area contributed by atoms with Crippen molar-refractivity contribution < 1.29 is 0 Å². The molecule has 2 aliphatic rings. The number of hydrogen-bond donors (Lipinski definition) is 0. The molecule has 0 N–H and O–H groups in total. The molecule has 0 fully saturated rings. The first-order chi connectivity index (χ1) is 29.8. The van der Waals surface area contributed by atoms with Crippen LogP contribution < -0.4 is 0 Å². The van der Waals surface area contributed by atoms with Crippen molar-refractivity contribution in [3.8, 4) is 39.6 Å². The Morgan fingerprint density at radius 2 is 0.967 bits per heavy atom. The number of imidazole rings is 1. The summed E-state index contributed by atoms with van der Waals surface area (Å²) in [5.74, 6) is 0.928. The number of benzene rings is 9. The van der Waals surface area contributed by atoms with Crippen LogP contribution in [0.2, 0.25) is 0 Å². The van der Waals surface area contributed by atoms with Crippen LogP contribution in [0.1, 0.15) is 22.3 Å². The summed E-state index contributed by atoms with van der Waals surface area (Å²) >= 11 is 0. The Morgan fingerprint density at radius 3 is 1.80 bits per heavy atom. The van der Waals surface area contributed by atoms with Crippen LogP contribution in [0.5, 0.6) is 0 Å². The third-order valence-corrected chi connectivity index (χ3v) is 13.4. The lowest BCUT2D eigenvalue weighted by Crippen LogP contribution is -2.33. The monoisotopic (exact) mass is 762 g/mol. The lowest BCUT2D eigenvalue weighted by molar-refractivity contribution is 0.749. The molecule has 12 aromatic rings. The van der Waals surface area contributed by atoms with E-state index in [4.69, 9.17) is 4.98 Å². The summed E-state index contributed by atoms with van der Waals surface area (Å²) in [6.07, 6.45) is 0. The molecule has 9 aromatic carbocycles. The van der Waals surface area contributed by atoms with Gasteiger partial charge in [0.15, 0.2) is 0 Å². The second-order valence-electron chi connectivity index (χ2n) is 16.3. The highest BCUT2D eigenvalue weighted by molar-refractivity contribution is 6.15. The molecule has 0 saturated heterocycles. The number of para-hydroxylation sites is 7. The van der Waals surface area contributed by atoms with Gasteiger partial charge in [-0.2, -0.15) is 0 Å². The van der Waals surface area contributed by atoms with E-state index in [1.807, 2.05) is 0 Å². The second-order valence-corrected chi connectivity index (χ2v) is 16.3. The van der Waals surface area contributed by atoms with Crippen molar-refractivity contribution in [3.05, 3.63) is 229 Å². The van der Waals surface area contributed by atoms with Gasteiger partial charge in [0.2, 0.25) is 0 Å². The maximum Gasteiger partial charge on any atom is 0.145 e. The molecule has 60 heavy (non-hydrogen) atoms. The molecule has 3 aromatic heterocycles. The molecule has 1 aliphatic heterocycles. The summed E-state index contributed by atoms with van der Waals surface area (Å²) in [6, 6.07) is 75.9.